The Bertz CT molecular complexity index is 650. The Balaban J connectivity index is 1.64. The lowest BCUT2D eigenvalue weighted by Gasteiger charge is -2.41. The number of rotatable bonds is 7. The monoisotopic (exact) mass is 360 g/mol. The van der Waals surface area contributed by atoms with Crippen LogP contribution in [0.1, 0.15) is 11.1 Å². The van der Waals surface area contributed by atoms with Gasteiger partial charge in [-0.15, -0.1) is 0 Å². The van der Waals surface area contributed by atoms with Gasteiger partial charge in [0.2, 0.25) is 0 Å². The summed E-state index contributed by atoms with van der Waals surface area (Å²) in [5.41, 5.74) is 1.85. The summed E-state index contributed by atoms with van der Waals surface area (Å²) in [6, 6.07) is 19.0. The predicted molar refractivity (Wildman–Crippen MR) is 94.0 cm³/mol. The lowest BCUT2D eigenvalue weighted by molar-refractivity contribution is -0.306. The summed E-state index contributed by atoms with van der Waals surface area (Å²) in [4.78, 5) is 0. The molecule has 3 N–H and O–H groups in total. The van der Waals surface area contributed by atoms with Gasteiger partial charge in [0.25, 0.3) is 0 Å². The maximum atomic E-state index is 10.7. The first-order valence-electron chi connectivity index (χ1n) is 8.62. The van der Waals surface area contributed by atoms with Crippen molar-refractivity contribution in [2.24, 2.45) is 0 Å². The smallest absolute Gasteiger partial charge is 0.184 e. The summed E-state index contributed by atoms with van der Waals surface area (Å²) in [6.45, 7) is 0.0983. The van der Waals surface area contributed by atoms with E-state index >= 15 is 0 Å². The molecule has 26 heavy (non-hydrogen) atoms. The van der Waals surface area contributed by atoms with Gasteiger partial charge in [0.05, 0.1) is 19.8 Å². The zero-order chi connectivity index (χ0) is 18.4. The quantitative estimate of drug-likeness (QED) is 0.688. The molecule has 1 saturated heterocycles. The first-order chi connectivity index (χ1) is 12.7. The third-order valence-electron chi connectivity index (χ3n) is 4.39. The molecule has 0 aliphatic carbocycles. The van der Waals surface area contributed by atoms with Crippen molar-refractivity contribution in [2.45, 2.75) is 43.9 Å². The van der Waals surface area contributed by atoms with E-state index in [2.05, 4.69) is 0 Å². The third-order valence-corrected chi connectivity index (χ3v) is 4.39. The average Bonchev–Trinajstić information content (AvgIpc) is 2.68. The van der Waals surface area contributed by atoms with E-state index in [1.165, 1.54) is 0 Å². The van der Waals surface area contributed by atoms with Crippen molar-refractivity contribution in [3.8, 4) is 0 Å². The highest BCUT2D eigenvalue weighted by atomic mass is 16.7. The van der Waals surface area contributed by atoms with E-state index in [-0.39, 0.29) is 19.8 Å². The predicted octanol–water partition coefficient (Wildman–Crippen LogP) is 1.23. The van der Waals surface area contributed by atoms with Crippen molar-refractivity contribution in [3.63, 3.8) is 0 Å². The third kappa shape index (κ3) is 4.67. The molecule has 2 aromatic rings. The molecule has 1 aliphatic heterocycles. The Hall–Kier alpha value is -1.80. The first kappa shape index (κ1) is 19.0. The molecule has 1 heterocycles. The molecular formula is C20H24O6. The molecule has 0 aromatic heterocycles. The standard InChI is InChI=1S/C20H24O6/c21-11-16-18(24-12-14-7-3-1-4-8-14)17(22)19(20(23)26-16)25-13-15-9-5-2-6-10-15/h1-10,16-23H,11-13H2/t16-,17+,18-,19-,20-/m1/s1. The molecule has 0 unspecified atom stereocenters. The molecule has 0 amide bonds. The summed E-state index contributed by atoms with van der Waals surface area (Å²) in [6.07, 6.45) is -5.10. The van der Waals surface area contributed by atoms with Gasteiger partial charge in [-0.2, -0.15) is 0 Å². The minimum Gasteiger partial charge on any atom is -0.394 e. The molecule has 0 bridgehead atoms. The van der Waals surface area contributed by atoms with E-state index in [4.69, 9.17) is 14.2 Å². The van der Waals surface area contributed by atoms with E-state index in [1.807, 2.05) is 60.7 Å². The van der Waals surface area contributed by atoms with Crippen LogP contribution < -0.4 is 0 Å². The summed E-state index contributed by atoms with van der Waals surface area (Å²) in [5, 5.41) is 30.3. The van der Waals surface area contributed by atoms with Gasteiger partial charge in [-0.05, 0) is 11.1 Å². The van der Waals surface area contributed by atoms with Crippen molar-refractivity contribution in [3.05, 3.63) is 71.8 Å². The largest absolute Gasteiger partial charge is 0.394 e. The van der Waals surface area contributed by atoms with Gasteiger partial charge in [0, 0.05) is 0 Å². The Morgan fingerprint density at radius 2 is 1.27 bits per heavy atom. The van der Waals surface area contributed by atoms with Crippen LogP contribution in [0.15, 0.2) is 60.7 Å². The fourth-order valence-corrected chi connectivity index (χ4v) is 2.98. The highest BCUT2D eigenvalue weighted by molar-refractivity contribution is 5.14. The molecule has 1 aliphatic rings. The lowest BCUT2D eigenvalue weighted by Crippen LogP contribution is -2.60. The molecular weight excluding hydrogens is 336 g/mol. The second-order valence-corrected chi connectivity index (χ2v) is 6.26. The van der Waals surface area contributed by atoms with Crippen LogP contribution in [0, 0.1) is 0 Å². The minimum absolute atomic E-state index is 0.220. The second kappa shape index (κ2) is 9.23. The maximum absolute atomic E-state index is 10.7. The van der Waals surface area contributed by atoms with Crippen LogP contribution >= 0.6 is 0 Å². The van der Waals surface area contributed by atoms with Crippen LogP contribution in [-0.2, 0) is 27.4 Å². The molecule has 140 valence electrons. The molecule has 0 radical (unpaired) electrons. The van der Waals surface area contributed by atoms with E-state index < -0.39 is 30.7 Å². The highest BCUT2D eigenvalue weighted by Gasteiger charge is 2.45. The number of hydrogen-bond acceptors (Lipinski definition) is 6. The van der Waals surface area contributed by atoms with Crippen LogP contribution in [0.3, 0.4) is 0 Å². The van der Waals surface area contributed by atoms with Crippen molar-refractivity contribution in [1.82, 2.24) is 0 Å². The molecule has 6 nitrogen and oxygen atoms in total. The van der Waals surface area contributed by atoms with Gasteiger partial charge in [-0.25, -0.2) is 0 Å². The van der Waals surface area contributed by atoms with Crippen molar-refractivity contribution < 1.29 is 29.5 Å². The first-order valence-corrected chi connectivity index (χ1v) is 8.62. The Kier molecular flexibility index (Phi) is 6.73. The molecule has 3 rings (SSSR count). The van der Waals surface area contributed by atoms with E-state index in [1.54, 1.807) is 0 Å². The van der Waals surface area contributed by atoms with Crippen LogP contribution in [0.2, 0.25) is 0 Å². The van der Waals surface area contributed by atoms with Crippen LogP contribution in [0.4, 0.5) is 0 Å². The number of benzene rings is 2. The fourth-order valence-electron chi connectivity index (χ4n) is 2.98. The number of hydrogen-bond donors (Lipinski definition) is 3. The van der Waals surface area contributed by atoms with Crippen molar-refractivity contribution >= 4 is 0 Å². The van der Waals surface area contributed by atoms with Crippen LogP contribution in [0.5, 0.6) is 0 Å². The SMILES string of the molecule is OC[C@H]1O[C@@H](O)[C@H](OCc2ccccc2)[C@@H](O)[C@@H]1OCc1ccccc1. The fraction of sp³-hybridized carbons (Fsp3) is 0.400. The van der Waals surface area contributed by atoms with Gasteiger partial charge in [0.15, 0.2) is 6.29 Å². The molecule has 5 atom stereocenters. The van der Waals surface area contributed by atoms with Crippen LogP contribution in [0.25, 0.3) is 0 Å². The van der Waals surface area contributed by atoms with Gasteiger partial charge in [-0.3, -0.25) is 0 Å². The summed E-state index contributed by atoms with van der Waals surface area (Å²) < 4.78 is 16.9. The topological polar surface area (TPSA) is 88.4 Å². The van der Waals surface area contributed by atoms with E-state index in [0.29, 0.717) is 0 Å². The van der Waals surface area contributed by atoms with Gasteiger partial charge >= 0.3 is 0 Å². The second-order valence-electron chi connectivity index (χ2n) is 6.26. The molecule has 1 fully saturated rings. The highest BCUT2D eigenvalue weighted by Crippen LogP contribution is 2.26. The molecule has 0 spiro atoms. The Morgan fingerprint density at radius 1 is 0.769 bits per heavy atom. The van der Waals surface area contributed by atoms with Gasteiger partial charge in [-0.1, -0.05) is 60.7 Å². The van der Waals surface area contributed by atoms with E-state index in [9.17, 15) is 15.3 Å². The normalized spacial score (nSPS) is 28.8. The minimum atomic E-state index is -1.34. The Morgan fingerprint density at radius 3 is 1.77 bits per heavy atom. The number of ether oxygens (including phenoxy) is 3. The average molecular weight is 360 g/mol. The summed E-state index contributed by atoms with van der Waals surface area (Å²) >= 11 is 0. The summed E-state index contributed by atoms with van der Waals surface area (Å²) in [7, 11) is 0. The molecule has 6 heteroatoms. The van der Waals surface area contributed by atoms with Gasteiger partial charge < -0.3 is 29.5 Å². The number of aliphatic hydroxyl groups excluding tert-OH is 3. The molecule has 0 saturated carbocycles. The Labute approximate surface area is 152 Å². The molecule has 2 aromatic carbocycles. The zero-order valence-corrected chi connectivity index (χ0v) is 14.3. The maximum Gasteiger partial charge on any atom is 0.184 e. The zero-order valence-electron chi connectivity index (χ0n) is 14.3. The lowest BCUT2D eigenvalue weighted by atomic mass is 9.98. The number of aliphatic hydroxyl groups is 3. The van der Waals surface area contributed by atoms with Crippen molar-refractivity contribution in [1.29, 1.82) is 0 Å². The van der Waals surface area contributed by atoms with Crippen molar-refractivity contribution in [2.75, 3.05) is 6.61 Å². The van der Waals surface area contributed by atoms with Gasteiger partial charge in [0.1, 0.15) is 24.4 Å². The van der Waals surface area contributed by atoms with E-state index in [0.717, 1.165) is 11.1 Å². The summed E-state index contributed by atoms with van der Waals surface area (Å²) in [5.74, 6) is 0. The van der Waals surface area contributed by atoms with Crippen LogP contribution in [-0.4, -0.2) is 52.6 Å².